The molecular weight excluding hydrogens is 507 g/mol. The Morgan fingerprint density at radius 3 is 2.24 bits per heavy atom. The van der Waals surface area contributed by atoms with Crippen LogP contribution in [0.25, 0.3) is 0 Å². The first-order valence-electron chi connectivity index (χ1n) is 11.4. The molecule has 0 amide bonds. The molecule has 3 rings (SSSR count). The molecule has 11 heteroatoms. The highest BCUT2D eigenvalue weighted by molar-refractivity contribution is 6.13. The Morgan fingerprint density at radius 1 is 0.895 bits per heavy atom. The molecule has 0 saturated carbocycles. The van der Waals surface area contributed by atoms with Crippen LogP contribution in [0.15, 0.2) is 60.8 Å². The van der Waals surface area contributed by atoms with Crippen molar-refractivity contribution in [1.29, 1.82) is 0 Å². The van der Waals surface area contributed by atoms with E-state index in [1.165, 1.54) is 38.6 Å². The molecule has 8 nitrogen and oxygen atoms in total. The molecule has 1 heterocycles. The smallest absolute Gasteiger partial charge is 0.420 e. The van der Waals surface area contributed by atoms with E-state index in [4.69, 9.17) is 23.7 Å². The highest BCUT2D eigenvalue weighted by atomic mass is 19.4. The summed E-state index contributed by atoms with van der Waals surface area (Å²) >= 11 is 0. The van der Waals surface area contributed by atoms with Crippen LogP contribution in [0.4, 0.5) is 13.2 Å². The van der Waals surface area contributed by atoms with E-state index < -0.39 is 40.7 Å². The molecule has 0 fully saturated rings. The van der Waals surface area contributed by atoms with Gasteiger partial charge in [0.15, 0.2) is 0 Å². The molecule has 0 saturated heterocycles. The van der Waals surface area contributed by atoms with Crippen LogP contribution in [0.2, 0.25) is 0 Å². The summed E-state index contributed by atoms with van der Waals surface area (Å²) in [6.07, 6.45) is -3.68. The molecule has 3 aromatic rings. The lowest BCUT2D eigenvalue weighted by Crippen LogP contribution is -2.28. The molecule has 0 aliphatic rings. The summed E-state index contributed by atoms with van der Waals surface area (Å²) in [5, 5.41) is 0. The number of halogens is 3. The van der Waals surface area contributed by atoms with Crippen molar-refractivity contribution >= 4 is 11.8 Å². The number of alkyl halides is 3. The molecular formula is C27H26F3NO7. The van der Waals surface area contributed by atoms with Crippen molar-refractivity contribution < 1.29 is 46.4 Å². The Morgan fingerprint density at radius 2 is 1.61 bits per heavy atom. The molecule has 1 aromatic heterocycles. The van der Waals surface area contributed by atoms with Crippen molar-refractivity contribution in [3.63, 3.8) is 0 Å². The zero-order chi connectivity index (χ0) is 27.7. The molecule has 0 aliphatic heterocycles. The fraction of sp³-hybridized carbons (Fsp3) is 0.296. The van der Waals surface area contributed by atoms with Crippen molar-refractivity contribution in [3.05, 3.63) is 83.2 Å². The topological polar surface area (TPSA) is 93.2 Å². The van der Waals surface area contributed by atoms with Gasteiger partial charge in [0, 0.05) is 13.3 Å². The molecule has 0 N–H and O–H groups in total. The monoisotopic (exact) mass is 533 g/mol. The van der Waals surface area contributed by atoms with Crippen molar-refractivity contribution in [1.82, 2.24) is 4.98 Å². The quantitative estimate of drug-likeness (QED) is 0.141. The minimum atomic E-state index is -4.95. The molecule has 1 atom stereocenters. The highest BCUT2D eigenvalue weighted by Crippen LogP contribution is 2.42. The van der Waals surface area contributed by atoms with Crippen molar-refractivity contribution in [2.24, 2.45) is 0 Å². The second kappa shape index (κ2) is 12.9. The Labute approximate surface area is 217 Å². The lowest BCUT2D eigenvalue weighted by atomic mass is 9.88. The molecule has 0 radical (unpaired) electrons. The standard InChI is InChI=1S/C27H26F3NO7/c1-34-14-15-37-20-7-4-6-19(23(20)27(28,29)30)22(26(33)36-3)25(32)24-21(8-5-13-31-24)38-16-17-9-11-18(35-2)12-10-17/h4-13,22H,14-16H2,1-3H3. The van der Waals surface area contributed by atoms with E-state index in [1.54, 1.807) is 24.3 Å². The minimum Gasteiger partial charge on any atom is -0.497 e. The van der Waals surface area contributed by atoms with Crippen molar-refractivity contribution in [2.75, 3.05) is 34.5 Å². The SMILES string of the molecule is COCCOc1cccc(C(C(=O)OC)C(=O)c2ncccc2OCc2ccc(OC)cc2)c1C(F)(F)F. The zero-order valence-electron chi connectivity index (χ0n) is 20.9. The number of nitrogens with zero attached hydrogens (tertiary/aromatic N) is 1. The van der Waals surface area contributed by atoms with Crippen LogP contribution in [0, 0.1) is 0 Å². The fourth-order valence-electron chi connectivity index (χ4n) is 3.65. The van der Waals surface area contributed by atoms with Crippen LogP contribution in [0.1, 0.15) is 33.1 Å². The van der Waals surface area contributed by atoms with E-state index in [0.29, 0.717) is 5.75 Å². The number of hydrogen-bond acceptors (Lipinski definition) is 8. The summed E-state index contributed by atoms with van der Waals surface area (Å²) in [6, 6.07) is 13.3. The van der Waals surface area contributed by atoms with Gasteiger partial charge in [0.25, 0.3) is 0 Å². The third kappa shape index (κ3) is 6.80. The maximum Gasteiger partial charge on any atom is 0.420 e. The van der Waals surface area contributed by atoms with Crippen LogP contribution < -0.4 is 14.2 Å². The molecule has 0 spiro atoms. The van der Waals surface area contributed by atoms with Gasteiger partial charge in [0.1, 0.15) is 47.6 Å². The summed E-state index contributed by atoms with van der Waals surface area (Å²) in [7, 11) is 3.88. The number of methoxy groups -OCH3 is 3. The van der Waals surface area contributed by atoms with Gasteiger partial charge in [-0.25, -0.2) is 4.98 Å². The first-order valence-corrected chi connectivity index (χ1v) is 11.4. The summed E-state index contributed by atoms with van der Waals surface area (Å²) in [6.45, 7) is -0.122. The summed E-state index contributed by atoms with van der Waals surface area (Å²) < 4.78 is 68.4. The summed E-state index contributed by atoms with van der Waals surface area (Å²) in [4.78, 5) is 30.4. The largest absolute Gasteiger partial charge is 0.497 e. The summed E-state index contributed by atoms with van der Waals surface area (Å²) in [5.74, 6) is -4.13. The molecule has 202 valence electrons. The van der Waals surface area contributed by atoms with Gasteiger partial charge in [0.05, 0.1) is 20.8 Å². The van der Waals surface area contributed by atoms with E-state index in [1.807, 2.05) is 0 Å². The van der Waals surface area contributed by atoms with Crippen LogP contribution >= 0.6 is 0 Å². The van der Waals surface area contributed by atoms with Gasteiger partial charge in [-0.3, -0.25) is 9.59 Å². The van der Waals surface area contributed by atoms with Gasteiger partial charge in [-0.15, -0.1) is 0 Å². The second-order valence-electron chi connectivity index (χ2n) is 7.87. The average Bonchev–Trinajstić information content (AvgIpc) is 2.92. The van der Waals surface area contributed by atoms with Crippen LogP contribution in [0.3, 0.4) is 0 Å². The molecule has 1 unspecified atom stereocenters. The molecule has 0 aliphatic carbocycles. The number of aromatic nitrogens is 1. The van der Waals surface area contributed by atoms with Crippen LogP contribution in [-0.4, -0.2) is 51.3 Å². The van der Waals surface area contributed by atoms with Gasteiger partial charge in [-0.1, -0.05) is 24.3 Å². The highest BCUT2D eigenvalue weighted by Gasteiger charge is 2.44. The van der Waals surface area contributed by atoms with E-state index in [2.05, 4.69) is 4.98 Å². The zero-order valence-corrected chi connectivity index (χ0v) is 20.9. The number of benzene rings is 2. The maximum atomic E-state index is 14.2. The first-order chi connectivity index (χ1) is 18.2. The number of carbonyl (C=O) groups excluding carboxylic acids is 2. The first kappa shape index (κ1) is 28.5. The van der Waals surface area contributed by atoms with E-state index in [9.17, 15) is 22.8 Å². The number of ether oxygens (including phenoxy) is 5. The van der Waals surface area contributed by atoms with E-state index in [0.717, 1.165) is 24.8 Å². The predicted molar refractivity (Wildman–Crippen MR) is 129 cm³/mol. The van der Waals surface area contributed by atoms with Crippen LogP contribution in [-0.2, 0) is 27.1 Å². The fourth-order valence-corrected chi connectivity index (χ4v) is 3.65. The minimum absolute atomic E-state index is 0.0109. The number of esters is 1. The lowest BCUT2D eigenvalue weighted by Gasteiger charge is -2.22. The lowest BCUT2D eigenvalue weighted by molar-refractivity contribution is -0.143. The Balaban J connectivity index is 2.01. The maximum absolute atomic E-state index is 14.2. The number of Topliss-reactive ketones (excluding diaryl/α,β-unsaturated/α-hetero) is 1. The van der Waals surface area contributed by atoms with Gasteiger partial charge in [-0.05, 0) is 41.5 Å². The number of pyridine rings is 1. The summed E-state index contributed by atoms with van der Waals surface area (Å²) in [5.41, 5.74) is -1.49. The Hall–Kier alpha value is -4.12. The Kier molecular flexibility index (Phi) is 9.66. The van der Waals surface area contributed by atoms with Gasteiger partial charge in [-0.2, -0.15) is 13.2 Å². The van der Waals surface area contributed by atoms with Gasteiger partial charge >= 0.3 is 12.1 Å². The second-order valence-corrected chi connectivity index (χ2v) is 7.87. The number of rotatable bonds is 12. The number of carbonyl (C=O) groups is 2. The molecule has 2 aromatic carbocycles. The number of ketones is 1. The van der Waals surface area contributed by atoms with Crippen LogP contribution in [0.5, 0.6) is 17.2 Å². The van der Waals surface area contributed by atoms with Gasteiger partial charge < -0.3 is 23.7 Å². The van der Waals surface area contributed by atoms with E-state index >= 15 is 0 Å². The average molecular weight is 533 g/mol. The molecule has 0 bridgehead atoms. The van der Waals surface area contributed by atoms with Crippen molar-refractivity contribution in [2.45, 2.75) is 18.7 Å². The predicted octanol–water partition coefficient (Wildman–Crippen LogP) is 4.85. The third-order valence-electron chi connectivity index (χ3n) is 5.45. The third-order valence-corrected chi connectivity index (χ3v) is 5.45. The van der Waals surface area contributed by atoms with Crippen molar-refractivity contribution in [3.8, 4) is 17.2 Å². The Bertz CT molecular complexity index is 1250. The molecule has 38 heavy (non-hydrogen) atoms. The van der Waals surface area contributed by atoms with Gasteiger partial charge in [0.2, 0.25) is 5.78 Å². The number of hydrogen-bond donors (Lipinski definition) is 0. The van der Waals surface area contributed by atoms with E-state index in [-0.39, 0.29) is 31.3 Å². The normalized spacial score (nSPS) is 11.9.